The van der Waals surface area contributed by atoms with E-state index in [1.54, 1.807) is 6.08 Å². The number of nitrogens with zero attached hydrogens (tertiary/aromatic N) is 1. The van der Waals surface area contributed by atoms with Gasteiger partial charge in [0.05, 0.1) is 12.6 Å². The molecule has 1 amide bonds. The molecule has 0 aliphatic carbocycles. The molecule has 3 atom stereocenters. The van der Waals surface area contributed by atoms with Crippen molar-refractivity contribution in [2.75, 3.05) is 13.7 Å². The first-order valence-corrected chi connectivity index (χ1v) is 4.89. The Morgan fingerprint density at radius 3 is 2.56 bits per heavy atom. The summed E-state index contributed by atoms with van der Waals surface area (Å²) in [5.41, 5.74) is 0. The van der Waals surface area contributed by atoms with Crippen molar-refractivity contribution in [3.05, 3.63) is 12.7 Å². The Kier molecular flexibility index (Phi) is 3.89. The predicted molar refractivity (Wildman–Crippen MR) is 55.3 cm³/mol. The van der Waals surface area contributed by atoms with E-state index < -0.39 is 24.2 Å². The van der Waals surface area contributed by atoms with Crippen LogP contribution in [-0.4, -0.2) is 53.0 Å². The standard InChI is InChI=1S/C10H15NO5/c1-3-4-6-7(16-2)5-11(10(14)15)8(6)9(12)13/h3,6-8H,1,4-5H2,2H3,(H,12,13)(H,14,15)/t6-,7+,8+/m1/s1. The van der Waals surface area contributed by atoms with Gasteiger partial charge in [-0.25, -0.2) is 9.59 Å². The minimum Gasteiger partial charge on any atom is -0.480 e. The molecule has 0 unspecified atom stereocenters. The number of allylic oxidation sites excluding steroid dienone is 1. The van der Waals surface area contributed by atoms with Crippen molar-refractivity contribution < 1.29 is 24.5 Å². The number of carboxylic acids is 1. The monoisotopic (exact) mass is 229 g/mol. The molecule has 16 heavy (non-hydrogen) atoms. The number of rotatable bonds is 4. The van der Waals surface area contributed by atoms with Gasteiger partial charge in [0.1, 0.15) is 6.04 Å². The Labute approximate surface area is 93.1 Å². The van der Waals surface area contributed by atoms with Gasteiger partial charge in [-0.1, -0.05) is 6.08 Å². The Hall–Kier alpha value is -1.56. The van der Waals surface area contributed by atoms with E-state index >= 15 is 0 Å². The summed E-state index contributed by atoms with van der Waals surface area (Å²) < 4.78 is 5.12. The van der Waals surface area contributed by atoms with Crippen molar-refractivity contribution in [3.63, 3.8) is 0 Å². The fourth-order valence-electron chi connectivity index (χ4n) is 2.11. The predicted octanol–water partition coefficient (Wildman–Crippen LogP) is 0.640. The van der Waals surface area contributed by atoms with Crippen LogP contribution in [0.2, 0.25) is 0 Å². The van der Waals surface area contributed by atoms with E-state index in [1.807, 2.05) is 0 Å². The van der Waals surface area contributed by atoms with Crippen LogP contribution >= 0.6 is 0 Å². The number of methoxy groups -OCH3 is 1. The fraction of sp³-hybridized carbons (Fsp3) is 0.600. The number of aliphatic carboxylic acids is 1. The summed E-state index contributed by atoms with van der Waals surface area (Å²) in [6, 6.07) is -1.06. The second kappa shape index (κ2) is 4.98. The van der Waals surface area contributed by atoms with Crippen molar-refractivity contribution in [2.24, 2.45) is 5.92 Å². The average molecular weight is 229 g/mol. The summed E-state index contributed by atoms with van der Waals surface area (Å²) >= 11 is 0. The highest BCUT2D eigenvalue weighted by atomic mass is 16.5. The first-order valence-electron chi connectivity index (χ1n) is 4.89. The first kappa shape index (κ1) is 12.5. The molecule has 1 aliphatic rings. The van der Waals surface area contributed by atoms with E-state index in [-0.39, 0.29) is 12.5 Å². The van der Waals surface area contributed by atoms with Gasteiger partial charge in [0, 0.05) is 13.0 Å². The summed E-state index contributed by atoms with van der Waals surface area (Å²) in [5.74, 6) is -1.52. The zero-order chi connectivity index (χ0) is 12.3. The van der Waals surface area contributed by atoms with Crippen molar-refractivity contribution in [1.29, 1.82) is 0 Å². The molecule has 1 aliphatic heterocycles. The quantitative estimate of drug-likeness (QED) is 0.691. The maximum absolute atomic E-state index is 11.1. The molecule has 0 radical (unpaired) electrons. The molecule has 6 nitrogen and oxygen atoms in total. The van der Waals surface area contributed by atoms with Crippen LogP contribution in [0.25, 0.3) is 0 Å². The molecule has 6 heteroatoms. The van der Waals surface area contributed by atoms with Crippen LogP contribution in [0.15, 0.2) is 12.7 Å². The molecule has 0 spiro atoms. The molecule has 0 aromatic rings. The zero-order valence-corrected chi connectivity index (χ0v) is 9.00. The number of carboxylic acid groups (broad SMARTS) is 2. The number of hydrogen-bond acceptors (Lipinski definition) is 3. The van der Waals surface area contributed by atoms with E-state index in [2.05, 4.69) is 6.58 Å². The summed E-state index contributed by atoms with van der Waals surface area (Å²) in [6.07, 6.45) is 0.369. The minimum atomic E-state index is -1.24. The average Bonchev–Trinajstić information content (AvgIpc) is 2.57. The van der Waals surface area contributed by atoms with Gasteiger partial charge in [0.15, 0.2) is 0 Å². The van der Waals surface area contributed by atoms with Crippen LogP contribution in [0, 0.1) is 5.92 Å². The molecule has 2 N–H and O–H groups in total. The van der Waals surface area contributed by atoms with Gasteiger partial charge in [-0.05, 0) is 6.42 Å². The minimum absolute atomic E-state index is 0.0846. The maximum Gasteiger partial charge on any atom is 0.408 e. The number of likely N-dealkylation sites (tertiary alicyclic amines) is 1. The van der Waals surface area contributed by atoms with Gasteiger partial charge in [-0.2, -0.15) is 0 Å². The van der Waals surface area contributed by atoms with E-state index in [1.165, 1.54) is 7.11 Å². The van der Waals surface area contributed by atoms with Gasteiger partial charge in [-0.3, -0.25) is 4.90 Å². The molecule has 0 aromatic heterocycles. The van der Waals surface area contributed by atoms with Crippen LogP contribution < -0.4 is 0 Å². The molecule has 90 valence electrons. The van der Waals surface area contributed by atoms with E-state index in [0.29, 0.717) is 6.42 Å². The van der Waals surface area contributed by atoms with Crippen molar-refractivity contribution in [2.45, 2.75) is 18.6 Å². The van der Waals surface area contributed by atoms with Gasteiger partial charge in [0.25, 0.3) is 0 Å². The summed E-state index contributed by atoms with van der Waals surface area (Å²) in [7, 11) is 1.45. The topological polar surface area (TPSA) is 87.1 Å². The lowest BCUT2D eigenvalue weighted by molar-refractivity contribution is -0.143. The van der Waals surface area contributed by atoms with Crippen LogP contribution in [0.5, 0.6) is 0 Å². The lowest BCUT2D eigenvalue weighted by atomic mass is 9.94. The number of ether oxygens (including phenoxy) is 1. The van der Waals surface area contributed by atoms with Crippen molar-refractivity contribution in [3.8, 4) is 0 Å². The number of carbonyl (C=O) groups is 2. The van der Waals surface area contributed by atoms with Crippen molar-refractivity contribution >= 4 is 12.1 Å². The van der Waals surface area contributed by atoms with Gasteiger partial charge in [-0.15, -0.1) is 6.58 Å². The highest BCUT2D eigenvalue weighted by molar-refractivity contribution is 5.80. The molecule has 0 bridgehead atoms. The lowest BCUT2D eigenvalue weighted by Crippen LogP contribution is -2.42. The van der Waals surface area contributed by atoms with Crippen LogP contribution in [0.1, 0.15) is 6.42 Å². The SMILES string of the molecule is C=CC[C@@H]1[C@@H](OC)CN(C(=O)O)[C@@H]1C(=O)O. The molecule has 0 aromatic carbocycles. The van der Waals surface area contributed by atoms with Gasteiger partial charge in [0.2, 0.25) is 0 Å². The van der Waals surface area contributed by atoms with Crippen LogP contribution in [0.4, 0.5) is 4.79 Å². The van der Waals surface area contributed by atoms with E-state index in [0.717, 1.165) is 4.90 Å². The molecule has 1 saturated heterocycles. The molecule has 1 fully saturated rings. The smallest absolute Gasteiger partial charge is 0.408 e. The Bertz CT molecular complexity index is 304. The third-order valence-electron chi connectivity index (χ3n) is 2.84. The van der Waals surface area contributed by atoms with Gasteiger partial charge < -0.3 is 14.9 Å². The molecule has 1 rings (SSSR count). The lowest BCUT2D eigenvalue weighted by Gasteiger charge is -2.21. The zero-order valence-electron chi connectivity index (χ0n) is 9.00. The second-order valence-corrected chi connectivity index (χ2v) is 3.68. The maximum atomic E-state index is 11.1. The normalized spacial score (nSPS) is 29.1. The number of amides is 1. The molecular formula is C10H15NO5. The Morgan fingerprint density at radius 2 is 2.19 bits per heavy atom. The summed E-state index contributed by atoms with van der Waals surface area (Å²) in [5, 5.41) is 18.0. The largest absolute Gasteiger partial charge is 0.480 e. The molecule has 0 saturated carbocycles. The van der Waals surface area contributed by atoms with Crippen LogP contribution in [-0.2, 0) is 9.53 Å². The number of hydrogen-bond donors (Lipinski definition) is 2. The van der Waals surface area contributed by atoms with E-state index in [4.69, 9.17) is 14.9 Å². The van der Waals surface area contributed by atoms with Crippen LogP contribution in [0.3, 0.4) is 0 Å². The summed E-state index contributed by atoms with van der Waals surface area (Å²) in [4.78, 5) is 22.9. The van der Waals surface area contributed by atoms with Gasteiger partial charge >= 0.3 is 12.1 Å². The third-order valence-corrected chi connectivity index (χ3v) is 2.84. The second-order valence-electron chi connectivity index (χ2n) is 3.68. The molecular weight excluding hydrogens is 214 g/mol. The molecule has 1 heterocycles. The van der Waals surface area contributed by atoms with E-state index in [9.17, 15) is 9.59 Å². The first-order chi connectivity index (χ1) is 7.52. The highest BCUT2D eigenvalue weighted by Gasteiger charge is 2.47. The fourth-order valence-corrected chi connectivity index (χ4v) is 2.11. The highest BCUT2D eigenvalue weighted by Crippen LogP contribution is 2.30. The third kappa shape index (κ3) is 2.16. The Morgan fingerprint density at radius 1 is 1.56 bits per heavy atom. The Balaban J connectivity index is 2.96. The summed E-state index contributed by atoms with van der Waals surface area (Å²) in [6.45, 7) is 3.63. The van der Waals surface area contributed by atoms with Crippen molar-refractivity contribution in [1.82, 2.24) is 4.90 Å².